The minimum atomic E-state index is -1.05. The normalized spacial score (nSPS) is 27.9. The number of phenols is 1. The second-order valence-electron chi connectivity index (χ2n) is 11.4. The monoisotopic (exact) mass is 598 g/mol. The van der Waals surface area contributed by atoms with Gasteiger partial charge in [0.05, 0.1) is 37.9 Å². The van der Waals surface area contributed by atoms with Crippen LogP contribution >= 0.6 is 0 Å². The number of hydrogen-bond donors (Lipinski definition) is 3. The highest BCUT2D eigenvalue weighted by Crippen LogP contribution is 2.60. The van der Waals surface area contributed by atoms with Gasteiger partial charge in [-0.2, -0.15) is 0 Å². The van der Waals surface area contributed by atoms with Crippen LogP contribution in [0, 0.1) is 29.6 Å². The standard InChI is InChI=1S/C30H34N2O11/c1-42-19-11-14(33)12-20(43-2)26(19)24-15-7-8-16-23(29(40)31(27(16)38)9-3-5-21(34)35)17(15)13-18-25(24)30(41)32(28(18)39)10-4-6-22(36)37/h7,11-12,16-18,23-25,33H,3-6,8-10,13H2,1-2H3,(H,34,35)(H,36,37). The van der Waals surface area contributed by atoms with Crippen molar-refractivity contribution >= 4 is 35.6 Å². The molecule has 3 N–H and O–H groups in total. The van der Waals surface area contributed by atoms with Crippen LogP contribution in [0.3, 0.4) is 0 Å². The minimum Gasteiger partial charge on any atom is -0.508 e. The number of hydrogen-bond acceptors (Lipinski definition) is 9. The lowest BCUT2D eigenvalue weighted by atomic mass is 9.57. The smallest absolute Gasteiger partial charge is 0.303 e. The molecule has 0 bridgehead atoms. The van der Waals surface area contributed by atoms with Crippen LogP contribution in [-0.4, -0.2) is 88.0 Å². The van der Waals surface area contributed by atoms with Crippen molar-refractivity contribution in [2.24, 2.45) is 29.6 Å². The number of allylic oxidation sites excluding steroid dienone is 2. The number of phenolic OH excluding ortho intramolecular Hbond substituents is 1. The molecule has 6 unspecified atom stereocenters. The van der Waals surface area contributed by atoms with Gasteiger partial charge in [0.2, 0.25) is 23.6 Å². The zero-order chi connectivity index (χ0) is 31.2. The van der Waals surface area contributed by atoms with Crippen LogP contribution in [-0.2, 0) is 28.8 Å². The van der Waals surface area contributed by atoms with Gasteiger partial charge in [-0.15, -0.1) is 0 Å². The van der Waals surface area contributed by atoms with Crippen molar-refractivity contribution in [3.63, 3.8) is 0 Å². The first-order valence-electron chi connectivity index (χ1n) is 14.3. The predicted molar refractivity (Wildman–Crippen MR) is 146 cm³/mol. The first-order valence-corrected chi connectivity index (χ1v) is 14.3. The molecule has 2 aliphatic heterocycles. The fraction of sp³-hybridized carbons (Fsp3) is 0.533. The van der Waals surface area contributed by atoms with Crippen LogP contribution in [0.25, 0.3) is 0 Å². The highest BCUT2D eigenvalue weighted by atomic mass is 16.5. The second-order valence-corrected chi connectivity index (χ2v) is 11.4. The van der Waals surface area contributed by atoms with Crippen molar-refractivity contribution in [1.29, 1.82) is 0 Å². The summed E-state index contributed by atoms with van der Waals surface area (Å²) in [4.78, 5) is 79.2. The van der Waals surface area contributed by atoms with E-state index < -0.39 is 65.2 Å². The molecule has 5 rings (SSSR count). The first kappa shape index (κ1) is 30.1. The number of benzene rings is 1. The summed E-state index contributed by atoms with van der Waals surface area (Å²) in [5.41, 5.74) is 1.13. The molecule has 13 heteroatoms. The van der Waals surface area contributed by atoms with E-state index in [0.29, 0.717) is 11.1 Å². The van der Waals surface area contributed by atoms with Gasteiger partial charge in [0, 0.05) is 49.5 Å². The van der Waals surface area contributed by atoms with E-state index in [9.17, 15) is 33.9 Å². The molecule has 3 fully saturated rings. The largest absolute Gasteiger partial charge is 0.508 e. The number of fused-ring (bicyclic) bond motifs is 4. The molecule has 230 valence electrons. The molecule has 2 saturated heterocycles. The maximum atomic E-state index is 13.9. The van der Waals surface area contributed by atoms with Gasteiger partial charge >= 0.3 is 11.9 Å². The molecule has 2 heterocycles. The average Bonchev–Trinajstić information content (AvgIpc) is 3.35. The summed E-state index contributed by atoms with van der Waals surface area (Å²) in [7, 11) is 2.80. The number of aromatic hydroxyl groups is 1. The number of carboxylic acids is 2. The Labute approximate surface area is 247 Å². The minimum absolute atomic E-state index is 0.0249. The number of ether oxygens (including phenoxy) is 2. The number of carbonyl (C=O) groups is 6. The van der Waals surface area contributed by atoms with Crippen LogP contribution in [0.5, 0.6) is 17.2 Å². The number of carbonyl (C=O) groups excluding carboxylic acids is 4. The van der Waals surface area contributed by atoms with E-state index in [1.165, 1.54) is 26.4 Å². The Morgan fingerprint density at radius 1 is 0.791 bits per heavy atom. The summed E-state index contributed by atoms with van der Waals surface area (Å²) in [5, 5.41) is 28.4. The number of imide groups is 2. The summed E-state index contributed by atoms with van der Waals surface area (Å²) in [6, 6.07) is 2.76. The van der Waals surface area contributed by atoms with E-state index in [2.05, 4.69) is 0 Å². The number of likely N-dealkylation sites (tertiary alicyclic amines) is 2. The molecular formula is C30H34N2O11. The summed E-state index contributed by atoms with van der Waals surface area (Å²) < 4.78 is 11.2. The van der Waals surface area contributed by atoms with Crippen molar-refractivity contribution < 1.29 is 53.6 Å². The van der Waals surface area contributed by atoms with Gasteiger partial charge in [-0.25, -0.2) is 0 Å². The van der Waals surface area contributed by atoms with Crippen LogP contribution in [0.4, 0.5) is 0 Å². The Morgan fingerprint density at radius 3 is 1.81 bits per heavy atom. The van der Waals surface area contributed by atoms with E-state index in [1.54, 1.807) is 0 Å². The maximum absolute atomic E-state index is 13.9. The van der Waals surface area contributed by atoms with Crippen molar-refractivity contribution in [1.82, 2.24) is 9.80 Å². The molecule has 0 spiro atoms. The Bertz CT molecular complexity index is 1390. The third kappa shape index (κ3) is 5.10. The lowest BCUT2D eigenvalue weighted by Gasteiger charge is -2.44. The Kier molecular flexibility index (Phi) is 8.17. The van der Waals surface area contributed by atoms with Crippen LogP contribution in [0.1, 0.15) is 50.0 Å². The zero-order valence-electron chi connectivity index (χ0n) is 23.9. The number of methoxy groups -OCH3 is 2. The van der Waals surface area contributed by atoms with Crippen molar-refractivity contribution in [3.05, 3.63) is 29.3 Å². The Morgan fingerprint density at radius 2 is 1.30 bits per heavy atom. The van der Waals surface area contributed by atoms with Crippen LogP contribution < -0.4 is 9.47 Å². The molecule has 13 nitrogen and oxygen atoms in total. The molecule has 4 amide bonds. The molecule has 43 heavy (non-hydrogen) atoms. The maximum Gasteiger partial charge on any atom is 0.303 e. The third-order valence-corrected chi connectivity index (χ3v) is 9.22. The van der Waals surface area contributed by atoms with E-state index in [0.717, 1.165) is 9.80 Å². The molecule has 4 aliphatic rings. The molecule has 1 aromatic carbocycles. The quantitative estimate of drug-likeness (QED) is 0.249. The molecule has 1 aromatic rings. The summed E-state index contributed by atoms with van der Waals surface area (Å²) in [5.74, 6) is -8.10. The molecule has 0 aromatic heterocycles. The van der Waals surface area contributed by atoms with Crippen molar-refractivity contribution in [2.45, 2.75) is 44.4 Å². The summed E-state index contributed by atoms with van der Waals surface area (Å²) >= 11 is 0. The fourth-order valence-electron chi connectivity index (χ4n) is 7.49. The van der Waals surface area contributed by atoms with Gasteiger partial charge in [0.15, 0.2) is 0 Å². The number of rotatable bonds is 11. The van der Waals surface area contributed by atoms with E-state index in [-0.39, 0.29) is 74.8 Å². The molecule has 2 aliphatic carbocycles. The topological polar surface area (TPSA) is 188 Å². The average molecular weight is 599 g/mol. The van der Waals surface area contributed by atoms with Gasteiger partial charge in [0.1, 0.15) is 17.2 Å². The molecule has 0 radical (unpaired) electrons. The van der Waals surface area contributed by atoms with Crippen LogP contribution in [0.2, 0.25) is 0 Å². The molecule has 6 atom stereocenters. The van der Waals surface area contributed by atoms with Gasteiger partial charge in [0.25, 0.3) is 0 Å². The van der Waals surface area contributed by atoms with Gasteiger partial charge in [-0.05, 0) is 31.6 Å². The predicted octanol–water partition coefficient (Wildman–Crippen LogP) is 1.77. The summed E-state index contributed by atoms with van der Waals surface area (Å²) in [6.45, 7) is -0.0963. The summed E-state index contributed by atoms with van der Waals surface area (Å²) in [6.07, 6.45) is 2.00. The molecular weight excluding hydrogens is 564 g/mol. The lowest BCUT2D eigenvalue weighted by molar-refractivity contribution is -0.143. The van der Waals surface area contributed by atoms with Gasteiger partial charge in [-0.3, -0.25) is 38.6 Å². The third-order valence-electron chi connectivity index (χ3n) is 9.22. The van der Waals surface area contributed by atoms with Gasteiger partial charge in [-0.1, -0.05) is 11.6 Å². The first-order chi connectivity index (χ1) is 20.5. The highest BCUT2D eigenvalue weighted by Gasteiger charge is 2.62. The highest BCUT2D eigenvalue weighted by molar-refractivity contribution is 6.08. The van der Waals surface area contributed by atoms with Gasteiger partial charge < -0.3 is 24.8 Å². The number of carboxylic acid groups (broad SMARTS) is 2. The number of aliphatic carboxylic acids is 2. The van der Waals surface area contributed by atoms with E-state index in [1.807, 2.05) is 6.08 Å². The van der Waals surface area contributed by atoms with E-state index in [4.69, 9.17) is 19.7 Å². The Balaban J connectivity index is 1.58. The SMILES string of the molecule is COc1cc(O)cc(OC)c1C1C2=CCC3C(=O)N(CCCC(=O)O)C(=O)C3C2CC2C(=O)N(CCCC(=O)O)C(=O)C21. The second kappa shape index (κ2) is 11.7. The number of nitrogens with zero attached hydrogens (tertiary/aromatic N) is 2. The van der Waals surface area contributed by atoms with Crippen molar-refractivity contribution in [2.75, 3.05) is 27.3 Å². The fourth-order valence-corrected chi connectivity index (χ4v) is 7.49. The Hall–Kier alpha value is -4.42. The van der Waals surface area contributed by atoms with Crippen molar-refractivity contribution in [3.8, 4) is 17.2 Å². The molecule has 1 saturated carbocycles. The van der Waals surface area contributed by atoms with Crippen LogP contribution in [0.15, 0.2) is 23.8 Å². The van der Waals surface area contributed by atoms with E-state index >= 15 is 0 Å². The lowest BCUT2D eigenvalue weighted by Crippen LogP contribution is -2.43. The number of amides is 4. The zero-order valence-corrected chi connectivity index (χ0v) is 23.9.